The molecule has 0 rings (SSSR count). The second kappa shape index (κ2) is 7.24. The Hall–Kier alpha value is -1.19. The van der Waals surface area contributed by atoms with E-state index in [0.29, 0.717) is 19.3 Å². The topological polar surface area (TPSA) is 60.4 Å². The predicted molar refractivity (Wildman–Crippen MR) is 50.5 cm³/mol. The van der Waals surface area contributed by atoms with Crippen molar-refractivity contribution >= 4 is 17.7 Å². The first-order chi connectivity index (χ1) is 6.60. The maximum atomic E-state index is 11.0. The number of carbonyl (C=O) groups excluding carboxylic acids is 3. The maximum absolute atomic E-state index is 11.0. The van der Waals surface area contributed by atoms with E-state index in [0.717, 1.165) is 0 Å². The number of ether oxygens (including phenoxy) is 1. The highest BCUT2D eigenvalue weighted by Gasteiger charge is 2.13. The van der Waals surface area contributed by atoms with Crippen LogP contribution in [0.15, 0.2) is 0 Å². The minimum Gasteiger partial charge on any atom is -0.393 e. The van der Waals surface area contributed by atoms with Crippen LogP contribution < -0.4 is 0 Å². The van der Waals surface area contributed by atoms with Crippen molar-refractivity contribution in [2.45, 2.75) is 46.0 Å². The normalized spacial score (nSPS) is 9.57. The summed E-state index contributed by atoms with van der Waals surface area (Å²) < 4.78 is 4.41. The summed E-state index contributed by atoms with van der Waals surface area (Å²) in [6, 6.07) is 0. The first-order valence-corrected chi connectivity index (χ1v) is 4.85. The van der Waals surface area contributed by atoms with Gasteiger partial charge in [-0.25, -0.2) is 0 Å². The van der Waals surface area contributed by atoms with E-state index >= 15 is 0 Å². The SMILES string of the molecule is CCCC(=O)CC(=O)OC(=O)CCC. The molecule has 0 atom stereocenters. The van der Waals surface area contributed by atoms with Gasteiger partial charge < -0.3 is 4.74 Å². The summed E-state index contributed by atoms with van der Waals surface area (Å²) in [6.07, 6.45) is 1.62. The number of hydrogen-bond acceptors (Lipinski definition) is 4. The van der Waals surface area contributed by atoms with Gasteiger partial charge in [0.15, 0.2) is 0 Å². The Bertz CT molecular complexity index is 198. The van der Waals surface area contributed by atoms with E-state index < -0.39 is 11.9 Å². The first-order valence-electron chi connectivity index (χ1n) is 4.85. The van der Waals surface area contributed by atoms with Gasteiger partial charge in [0.25, 0.3) is 0 Å². The Labute approximate surface area is 83.6 Å². The summed E-state index contributed by atoms with van der Waals surface area (Å²) >= 11 is 0. The largest absolute Gasteiger partial charge is 0.393 e. The summed E-state index contributed by atoms with van der Waals surface area (Å²) in [5, 5.41) is 0. The molecule has 14 heavy (non-hydrogen) atoms. The van der Waals surface area contributed by atoms with E-state index in [9.17, 15) is 14.4 Å². The van der Waals surface area contributed by atoms with Crippen LogP contribution in [0.1, 0.15) is 46.0 Å². The Kier molecular flexibility index (Phi) is 6.62. The molecule has 0 aliphatic carbocycles. The van der Waals surface area contributed by atoms with Crippen LogP contribution in [0.4, 0.5) is 0 Å². The third kappa shape index (κ3) is 6.34. The standard InChI is InChI=1S/C10H16O4/c1-3-5-8(11)7-10(13)14-9(12)6-4-2/h3-7H2,1-2H3. The molecule has 0 radical (unpaired) electrons. The number of ketones is 1. The molecule has 4 nitrogen and oxygen atoms in total. The first kappa shape index (κ1) is 12.8. The lowest BCUT2D eigenvalue weighted by Gasteiger charge is -2.00. The van der Waals surface area contributed by atoms with E-state index in [-0.39, 0.29) is 18.6 Å². The van der Waals surface area contributed by atoms with Gasteiger partial charge >= 0.3 is 11.9 Å². The molecule has 0 fully saturated rings. The van der Waals surface area contributed by atoms with E-state index in [1.807, 2.05) is 13.8 Å². The van der Waals surface area contributed by atoms with Gasteiger partial charge in [0.1, 0.15) is 12.2 Å². The van der Waals surface area contributed by atoms with E-state index in [4.69, 9.17) is 0 Å². The lowest BCUT2D eigenvalue weighted by molar-refractivity contribution is -0.160. The summed E-state index contributed by atoms with van der Waals surface area (Å²) in [7, 11) is 0. The van der Waals surface area contributed by atoms with Gasteiger partial charge in [-0.05, 0) is 12.8 Å². The molecule has 4 heteroatoms. The number of esters is 2. The average molecular weight is 200 g/mol. The molecule has 0 aromatic rings. The molecule has 0 aromatic heterocycles. The van der Waals surface area contributed by atoms with Crippen molar-refractivity contribution < 1.29 is 19.1 Å². The lowest BCUT2D eigenvalue weighted by atomic mass is 10.2. The average Bonchev–Trinajstić information content (AvgIpc) is 2.03. The Morgan fingerprint density at radius 3 is 2.00 bits per heavy atom. The van der Waals surface area contributed by atoms with Gasteiger partial charge in [-0.3, -0.25) is 14.4 Å². The molecule has 0 N–H and O–H groups in total. The minimum atomic E-state index is -0.734. The molecule has 0 aromatic carbocycles. The fourth-order valence-electron chi connectivity index (χ4n) is 0.946. The van der Waals surface area contributed by atoms with E-state index in [2.05, 4.69) is 4.74 Å². The van der Waals surface area contributed by atoms with Crippen LogP contribution in [0.5, 0.6) is 0 Å². The Morgan fingerprint density at radius 1 is 0.929 bits per heavy atom. The van der Waals surface area contributed by atoms with Crippen LogP contribution in [0.3, 0.4) is 0 Å². The molecule has 0 saturated heterocycles. The number of hydrogen-bond donors (Lipinski definition) is 0. The Morgan fingerprint density at radius 2 is 1.50 bits per heavy atom. The van der Waals surface area contributed by atoms with E-state index in [1.165, 1.54) is 0 Å². The second-order valence-electron chi connectivity index (χ2n) is 3.06. The molecular formula is C10H16O4. The van der Waals surface area contributed by atoms with Crippen molar-refractivity contribution in [1.82, 2.24) is 0 Å². The molecule has 0 aliphatic rings. The zero-order valence-corrected chi connectivity index (χ0v) is 8.67. The number of Topliss-reactive ketones (excluding diaryl/α,β-unsaturated/α-hetero) is 1. The van der Waals surface area contributed by atoms with Gasteiger partial charge in [-0.1, -0.05) is 13.8 Å². The molecule has 0 bridgehead atoms. The van der Waals surface area contributed by atoms with Gasteiger partial charge in [-0.2, -0.15) is 0 Å². The molecule has 0 unspecified atom stereocenters. The van der Waals surface area contributed by atoms with Crippen molar-refractivity contribution in [3.8, 4) is 0 Å². The molecule has 0 heterocycles. The third-order valence-electron chi connectivity index (χ3n) is 1.55. The van der Waals surface area contributed by atoms with Crippen molar-refractivity contribution in [3.05, 3.63) is 0 Å². The smallest absolute Gasteiger partial charge is 0.320 e. The zero-order valence-electron chi connectivity index (χ0n) is 8.67. The van der Waals surface area contributed by atoms with Crippen LogP contribution in [0, 0.1) is 0 Å². The summed E-state index contributed by atoms with van der Waals surface area (Å²) in [4.78, 5) is 32.8. The van der Waals surface area contributed by atoms with Gasteiger partial charge in [-0.15, -0.1) is 0 Å². The van der Waals surface area contributed by atoms with E-state index in [1.54, 1.807) is 0 Å². The van der Waals surface area contributed by atoms with Crippen molar-refractivity contribution in [3.63, 3.8) is 0 Å². The zero-order chi connectivity index (χ0) is 11.0. The summed E-state index contributed by atoms with van der Waals surface area (Å²) in [5.41, 5.74) is 0. The van der Waals surface area contributed by atoms with Crippen LogP contribution in [0.2, 0.25) is 0 Å². The van der Waals surface area contributed by atoms with Crippen LogP contribution in [0.25, 0.3) is 0 Å². The predicted octanol–water partition coefficient (Wildman–Crippen LogP) is 1.62. The summed E-state index contributed by atoms with van der Waals surface area (Å²) in [5.74, 6) is -1.47. The highest BCUT2D eigenvalue weighted by Crippen LogP contribution is 1.98. The van der Waals surface area contributed by atoms with Crippen molar-refractivity contribution in [1.29, 1.82) is 0 Å². The maximum Gasteiger partial charge on any atom is 0.320 e. The van der Waals surface area contributed by atoms with Crippen molar-refractivity contribution in [2.75, 3.05) is 0 Å². The molecule has 0 aliphatic heterocycles. The minimum absolute atomic E-state index is 0.179. The highest BCUT2D eigenvalue weighted by molar-refractivity contribution is 5.99. The fraction of sp³-hybridized carbons (Fsp3) is 0.700. The Balaban J connectivity index is 3.75. The van der Waals surface area contributed by atoms with Crippen molar-refractivity contribution in [2.24, 2.45) is 0 Å². The van der Waals surface area contributed by atoms with Gasteiger partial charge in [0, 0.05) is 12.8 Å². The number of rotatable bonds is 6. The fourth-order valence-corrected chi connectivity index (χ4v) is 0.946. The number of carbonyl (C=O) groups is 3. The van der Waals surface area contributed by atoms with Gasteiger partial charge in [0.05, 0.1) is 0 Å². The molecular weight excluding hydrogens is 184 g/mol. The lowest BCUT2D eigenvalue weighted by Crippen LogP contribution is -2.15. The molecule has 0 spiro atoms. The summed E-state index contributed by atoms with van der Waals surface area (Å²) in [6.45, 7) is 3.67. The molecule has 0 amide bonds. The van der Waals surface area contributed by atoms with Crippen LogP contribution in [-0.4, -0.2) is 17.7 Å². The second-order valence-corrected chi connectivity index (χ2v) is 3.06. The molecule has 80 valence electrons. The van der Waals surface area contributed by atoms with Crippen LogP contribution in [-0.2, 0) is 19.1 Å². The van der Waals surface area contributed by atoms with Gasteiger partial charge in [0.2, 0.25) is 0 Å². The molecule has 0 saturated carbocycles. The highest BCUT2D eigenvalue weighted by atomic mass is 16.6. The monoisotopic (exact) mass is 200 g/mol. The quantitative estimate of drug-likeness (QED) is 0.482. The third-order valence-corrected chi connectivity index (χ3v) is 1.55. The van der Waals surface area contributed by atoms with Crippen LogP contribution >= 0.6 is 0 Å².